The van der Waals surface area contributed by atoms with Gasteiger partial charge in [-0.25, -0.2) is 9.97 Å². The van der Waals surface area contributed by atoms with E-state index in [4.69, 9.17) is 5.73 Å². The molecule has 0 saturated carbocycles. The summed E-state index contributed by atoms with van der Waals surface area (Å²) in [6.45, 7) is 2.36. The molecule has 2 rings (SSSR count). The molecule has 0 aliphatic carbocycles. The van der Waals surface area contributed by atoms with Crippen molar-refractivity contribution >= 4 is 17.3 Å². The van der Waals surface area contributed by atoms with Gasteiger partial charge in [0, 0.05) is 18.9 Å². The largest absolute Gasteiger partial charge is 0.391 e. The van der Waals surface area contributed by atoms with Crippen LogP contribution in [-0.2, 0) is 0 Å². The fraction of sp³-hybridized carbons (Fsp3) is 0.400. The van der Waals surface area contributed by atoms with Crippen LogP contribution < -0.4 is 11.1 Å². The molecule has 0 bridgehead atoms. The Kier molecular flexibility index (Phi) is 2.91. The van der Waals surface area contributed by atoms with Gasteiger partial charge < -0.3 is 20.6 Å². The predicted octanol–water partition coefficient (Wildman–Crippen LogP) is 0.494. The summed E-state index contributed by atoms with van der Waals surface area (Å²) in [7, 11) is 0. The number of hydrogen-bond donors (Lipinski definition) is 3. The van der Waals surface area contributed by atoms with Crippen molar-refractivity contribution in [3.8, 4) is 0 Å². The Morgan fingerprint density at radius 1 is 1.62 bits per heavy atom. The fourth-order valence-corrected chi connectivity index (χ4v) is 1.43. The van der Waals surface area contributed by atoms with Crippen LogP contribution in [-0.4, -0.2) is 32.1 Å². The Balaban J connectivity index is 2.25. The van der Waals surface area contributed by atoms with Crippen molar-refractivity contribution in [3.63, 3.8) is 0 Å². The van der Waals surface area contributed by atoms with E-state index in [1.807, 2.05) is 6.92 Å². The highest BCUT2D eigenvalue weighted by Gasteiger charge is 2.07. The summed E-state index contributed by atoms with van der Waals surface area (Å²) in [4.78, 5) is 8.32. The van der Waals surface area contributed by atoms with Crippen molar-refractivity contribution in [2.45, 2.75) is 19.4 Å². The summed E-state index contributed by atoms with van der Waals surface area (Å²) < 4.78 is 1.79. The van der Waals surface area contributed by atoms with Crippen molar-refractivity contribution in [1.29, 1.82) is 0 Å². The molecule has 0 aromatic carbocycles. The molecular weight excluding hydrogens is 206 g/mol. The van der Waals surface area contributed by atoms with E-state index < -0.39 is 6.10 Å². The number of nitrogen functional groups attached to an aromatic ring is 1. The first kappa shape index (κ1) is 10.7. The third kappa shape index (κ3) is 2.06. The highest BCUT2D eigenvalue weighted by Crippen LogP contribution is 2.14. The Morgan fingerprint density at radius 3 is 3.19 bits per heavy atom. The number of aliphatic hydroxyl groups excluding tert-OH is 1. The molecule has 0 radical (unpaired) electrons. The van der Waals surface area contributed by atoms with Gasteiger partial charge in [-0.05, 0) is 6.42 Å². The molecule has 0 aliphatic heterocycles. The van der Waals surface area contributed by atoms with Crippen LogP contribution in [0.4, 0.5) is 11.6 Å². The van der Waals surface area contributed by atoms with Crippen molar-refractivity contribution in [1.82, 2.24) is 14.4 Å². The lowest BCUT2D eigenvalue weighted by Crippen LogP contribution is -2.19. The number of nitrogens with one attached hydrogen (secondary N) is 1. The quantitative estimate of drug-likeness (QED) is 0.699. The average Bonchev–Trinajstić information content (AvgIpc) is 2.73. The number of imidazole rings is 1. The number of fused-ring (bicyclic) bond motifs is 1. The number of aromatic nitrogens is 3. The lowest BCUT2D eigenvalue weighted by atomic mass is 10.3. The van der Waals surface area contributed by atoms with Crippen molar-refractivity contribution in [2.75, 3.05) is 17.6 Å². The molecule has 6 nitrogen and oxygen atoms in total. The first-order valence-electron chi connectivity index (χ1n) is 5.22. The molecule has 2 aromatic heterocycles. The Labute approximate surface area is 93.1 Å². The van der Waals surface area contributed by atoms with E-state index in [1.54, 1.807) is 23.0 Å². The molecule has 86 valence electrons. The minimum atomic E-state index is -0.391. The van der Waals surface area contributed by atoms with Gasteiger partial charge in [-0.15, -0.1) is 0 Å². The molecule has 0 spiro atoms. The predicted molar refractivity (Wildman–Crippen MR) is 62.2 cm³/mol. The zero-order valence-electron chi connectivity index (χ0n) is 9.09. The van der Waals surface area contributed by atoms with Crippen LogP contribution in [0.25, 0.3) is 5.65 Å². The van der Waals surface area contributed by atoms with Crippen molar-refractivity contribution in [2.24, 2.45) is 0 Å². The first-order valence-corrected chi connectivity index (χ1v) is 5.22. The minimum absolute atomic E-state index is 0.391. The molecule has 0 saturated heterocycles. The second kappa shape index (κ2) is 4.36. The summed E-state index contributed by atoms with van der Waals surface area (Å²) in [5, 5.41) is 12.5. The normalized spacial score (nSPS) is 12.9. The molecule has 0 amide bonds. The van der Waals surface area contributed by atoms with Crippen molar-refractivity contribution in [3.05, 3.63) is 18.6 Å². The molecular formula is C10H15N5O. The Hall–Kier alpha value is -1.82. The molecule has 1 unspecified atom stereocenters. The second-order valence-corrected chi connectivity index (χ2v) is 3.62. The molecule has 16 heavy (non-hydrogen) atoms. The minimum Gasteiger partial charge on any atom is -0.391 e. The fourth-order valence-electron chi connectivity index (χ4n) is 1.43. The van der Waals surface area contributed by atoms with Gasteiger partial charge in [0.15, 0.2) is 11.5 Å². The van der Waals surface area contributed by atoms with Gasteiger partial charge in [-0.2, -0.15) is 0 Å². The third-order valence-electron chi connectivity index (χ3n) is 2.37. The van der Waals surface area contributed by atoms with Gasteiger partial charge >= 0.3 is 0 Å². The molecule has 0 fully saturated rings. The monoisotopic (exact) mass is 221 g/mol. The van der Waals surface area contributed by atoms with Crippen LogP contribution in [0.1, 0.15) is 13.3 Å². The second-order valence-electron chi connectivity index (χ2n) is 3.62. The summed E-state index contributed by atoms with van der Waals surface area (Å²) in [5.74, 6) is 1.01. The van der Waals surface area contributed by atoms with Gasteiger partial charge in [0.2, 0.25) is 0 Å². The van der Waals surface area contributed by atoms with Gasteiger partial charge in [0.25, 0.3) is 0 Å². The van der Waals surface area contributed by atoms with Gasteiger partial charge in [-0.3, -0.25) is 0 Å². The maximum absolute atomic E-state index is 9.46. The van der Waals surface area contributed by atoms with Crippen LogP contribution >= 0.6 is 0 Å². The zero-order chi connectivity index (χ0) is 11.5. The number of nitrogens with zero attached hydrogens (tertiary/aromatic N) is 3. The third-order valence-corrected chi connectivity index (χ3v) is 2.37. The van der Waals surface area contributed by atoms with E-state index in [1.165, 1.54) is 0 Å². The Bertz CT molecular complexity index is 481. The lowest BCUT2D eigenvalue weighted by Gasteiger charge is -2.11. The molecule has 6 heteroatoms. The van der Waals surface area contributed by atoms with Gasteiger partial charge in [0.05, 0.1) is 12.3 Å². The van der Waals surface area contributed by atoms with Gasteiger partial charge in [-0.1, -0.05) is 6.92 Å². The first-order chi connectivity index (χ1) is 7.70. The van der Waals surface area contributed by atoms with Crippen LogP contribution in [0.15, 0.2) is 18.6 Å². The molecule has 0 aliphatic rings. The van der Waals surface area contributed by atoms with Crippen LogP contribution in [0, 0.1) is 0 Å². The zero-order valence-corrected chi connectivity index (χ0v) is 9.09. The van der Waals surface area contributed by atoms with Gasteiger partial charge in [0.1, 0.15) is 5.82 Å². The highest BCUT2D eigenvalue weighted by molar-refractivity contribution is 5.64. The van der Waals surface area contributed by atoms with E-state index in [9.17, 15) is 5.11 Å². The van der Waals surface area contributed by atoms with E-state index in [-0.39, 0.29) is 0 Å². The maximum Gasteiger partial charge on any atom is 0.180 e. The van der Waals surface area contributed by atoms with E-state index in [0.29, 0.717) is 30.2 Å². The molecule has 1 atom stereocenters. The maximum atomic E-state index is 9.46. The molecule has 4 N–H and O–H groups in total. The smallest absolute Gasteiger partial charge is 0.180 e. The molecule has 2 aromatic rings. The molecule has 2 heterocycles. The lowest BCUT2D eigenvalue weighted by molar-refractivity contribution is 0.183. The van der Waals surface area contributed by atoms with E-state index >= 15 is 0 Å². The summed E-state index contributed by atoms with van der Waals surface area (Å²) in [6.07, 6.45) is 5.48. The number of rotatable bonds is 4. The summed E-state index contributed by atoms with van der Waals surface area (Å²) in [5.41, 5.74) is 6.37. The number of aliphatic hydroxyl groups is 1. The number of nitrogens with two attached hydrogens (primary N) is 1. The number of anilines is 2. The van der Waals surface area contributed by atoms with Crippen LogP contribution in [0.2, 0.25) is 0 Å². The van der Waals surface area contributed by atoms with E-state index in [0.717, 1.165) is 0 Å². The SMILES string of the molecule is CCC(O)CNc1nc(N)cn2ccnc12. The topological polar surface area (TPSA) is 88.5 Å². The summed E-state index contributed by atoms with van der Waals surface area (Å²) >= 11 is 0. The van der Waals surface area contributed by atoms with Crippen LogP contribution in [0.3, 0.4) is 0 Å². The Morgan fingerprint density at radius 2 is 2.44 bits per heavy atom. The standard InChI is InChI=1S/C10H15N5O/c1-2-7(16)5-13-9-10-12-3-4-15(10)6-8(11)14-9/h3-4,6-7,16H,2,5,11H2,1H3,(H,13,14). The number of hydrogen-bond acceptors (Lipinski definition) is 5. The van der Waals surface area contributed by atoms with Crippen LogP contribution in [0.5, 0.6) is 0 Å². The summed E-state index contributed by atoms with van der Waals surface area (Å²) in [6, 6.07) is 0. The van der Waals surface area contributed by atoms with Crippen molar-refractivity contribution < 1.29 is 5.11 Å². The average molecular weight is 221 g/mol. The van der Waals surface area contributed by atoms with E-state index in [2.05, 4.69) is 15.3 Å². The highest BCUT2D eigenvalue weighted by atomic mass is 16.3.